The fourth-order valence-corrected chi connectivity index (χ4v) is 2.89. The molecule has 3 nitrogen and oxygen atoms in total. The average Bonchev–Trinajstić information content (AvgIpc) is 3.08. The van der Waals surface area contributed by atoms with E-state index < -0.39 is 11.6 Å². The normalized spacial score (nSPS) is 11.4. The van der Waals surface area contributed by atoms with Crippen LogP contribution in [-0.2, 0) is 6.54 Å². The van der Waals surface area contributed by atoms with Crippen LogP contribution in [0.5, 0.6) is 0 Å². The number of aromatic amines is 2. The third-order valence-electron chi connectivity index (χ3n) is 4.08. The van der Waals surface area contributed by atoms with E-state index in [-0.39, 0.29) is 0 Å². The Balaban J connectivity index is 1.62. The van der Waals surface area contributed by atoms with E-state index in [1.54, 1.807) is 6.07 Å². The molecule has 0 spiro atoms. The highest BCUT2D eigenvalue weighted by molar-refractivity contribution is 6.03. The molecular weight excluding hydrogens is 296 g/mol. The molecule has 0 atom stereocenters. The molecule has 2 aromatic rings. The maximum absolute atomic E-state index is 13.3. The number of fused-ring (bicyclic) bond motifs is 3. The molecule has 0 saturated carbocycles. The molecule has 2 aliphatic rings. The topological polar surface area (TPSA) is 43.6 Å². The van der Waals surface area contributed by atoms with Gasteiger partial charge in [-0.1, -0.05) is 23.8 Å². The molecule has 4 rings (SSSR count). The molecule has 0 unspecified atom stereocenters. The van der Waals surface area contributed by atoms with Gasteiger partial charge in [0.1, 0.15) is 5.82 Å². The first-order valence-electron chi connectivity index (χ1n) is 7.39. The minimum atomic E-state index is -0.831. The summed E-state index contributed by atoms with van der Waals surface area (Å²) in [5.74, 6) is -0.831. The first-order valence-corrected chi connectivity index (χ1v) is 7.39. The van der Waals surface area contributed by atoms with E-state index in [0.717, 1.165) is 28.5 Å². The number of hydrogen-bond donors (Lipinski definition) is 3. The number of H-pyrrole nitrogens is 2. The van der Waals surface area contributed by atoms with Crippen molar-refractivity contribution >= 4 is 16.6 Å². The number of halogens is 2. The molecule has 116 valence electrons. The van der Waals surface area contributed by atoms with Crippen LogP contribution in [0.1, 0.15) is 11.1 Å². The third kappa shape index (κ3) is 2.34. The van der Waals surface area contributed by atoms with Crippen molar-refractivity contribution in [2.24, 2.45) is 0 Å². The Kier molecular flexibility index (Phi) is 3.08. The molecule has 0 aromatic heterocycles. The Bertz CT molecular complexity index is 968. The number of anilines is 1. The highest BCUT2D eigenvalue weighted by atomic mass is 19.2. The summed E-state index contributed by atoms with van der Waals surface area (Å²) >= 11 is 0. The van der Waals surface area contributed by atoms with Crippen LogP contribution in [-0.4, -0.2) is 10.2 Å². The quantitative estimate of drug-likeness (QED) is 0.500. The van der Waals surface area contributed by atoms with Crippen LogP contribution >= 0.6 is 0 Å². The summed E-state index contributed by atoms with van der Waals surface area (Å²) in [5, 5.41) is 11.8. The van der Waals surface area contributed by atoms with Gasteiger partial charge in [-0.3, -0.25) is 10.2 Å². The van der Waals surface area contributed by atoms with Gasteiger partial charge in [-0.25, -0.2) is 8.78 Å². The molecule has 1 heterocycles. The SMILES string of the molecule is Cc1ccc2cc3c(NCc4ccc(F)c(F)c4)[nH][nH]c-3c2c1. The van der Waals surface area contributed by atoms with Gasteiger partial charge in [0.25, 0.3) is 0 Å². The average molecular weight is 311 g/mol. The Morgan fingerprint density at radius 1 is 0.957 bits per heavy atom. The molecule has 5 heteroatoms. The van der Waals surface area contributed by atoms with Crippen molar-refractivity contribution in [1.82, 2.24) is 10.2 Å². The number of aryl methyl sites for hydroxylation is 1. The standard InChI is InChI=1S/C18H15F2N3/c1-10-2-4-12-8-14-17(13(12)6-10)22-23-18(14)21-9-11-3-5-15(19)16(20)7-11/h2-8,21-23H,9H2,1H3. The second-order valence-electron chi connectivity index (χ2n) is 5.75. The van der Waals surface area contributed by atoms with Gasteiger partial charge in [0.2, 0.25) is 0 Å². The smallest absolute Gasteiger partial charge is 0.159 e. The van der Waals surface area contributed by atoms with E-state index in [1.165, 1.54) is 17.0 Å². The fourth-order valence-electron chi connectivity index (χ4n) is 2.89. The molecule has 0 bridgehead atoms. The zero-order chi connectivity index (χ0) is 16.0. The molecule has 2 aromatic carbocycles. The fraction of sp³-hybridized carbons (Fsp3) is 0.111. The van der Waals surface area contributed by atoms with Gasteiger partial charge >= 0.3 is 0 Å². The van der Waals surface area contributed by atoms with E-state index in [1.807, 2.05) is 0 Å². The first-order chi connectivity index (χ1) is 11.1. The zero-order valence-corrected chi connectivity index (χ0v) is 12.5. The van der Waals surface area contributed by atoms with E-state index in [0.29, 0.717) is 12.1 Å². The summed E-state index contributed by atoms with van der Waals surface area (Å²) in [5.41, 5.74) is 3.97. The lowest BCUT2D eigenvalue weighted by atomic mass is 10.1. The molecule has 1 aliphatic heterocycles. The lowest BCUT2D eigenvalue weighted by Gasteiger charge is -2.05. The van der Waals surface area contributed by atoms with Crippen molar-refractivity contribution in [3.63, 3.8) is 0 Å². The van der Waals surface area contributed by atoms with E-state index >= 15 is 0 Å². The summed E-state index contributed by atoms with van der Waals surface area (Å²) in [6.07, 6.45) is 0. The maximum Gasteiger partial charge on any atom is 0.159 e. The van der Waals surface area contributed by atoms with E-state index in [4.69, 9.17) is 0 Å². The summed E-state index contributed by atoms with van der Waals surface area (Å²) in [4.78, 5) is 0. The van der Waals surface area contributed by atoms with Crippen molar-refractivity contribution in [3.05, 3.63) is 65.2 Å². The number of nitrogens with one attached hydrogen (secondary N) is 3. The summed E-state index contributed by atoms with van der Waals surface area (Å²) in [7, 11) is 0. The Morgan fingerprint density at radius 2 is 1.83 bits per heavy atom. The Labute approximate surface area is 131 Å². The number of benzene rings is 2. The van der Waals surface area contributed by atoms with Crippen LogP contribution in [0.3, 0.4) is 0 Å². The van der Waals surface area contributed by atoms with E-state index in [2.05, 4.69) is 46.7 Å². The third-order valence-corrected chi connectivity index (χ3v) is 4.08. The maximum atomic E-state index is 13.3. The minimum Gasteiger partial charge on any atom is -0.366 e. The molecule has 0 fully saturated rings. The molecule has 3 N–H and O–H groups in total. The van der Waals surface area contributed by atoms with Crippen LogP contribution in [0.15, 0.2) is 42.5 Å². The summed E-state index contributed by atoms with van der Waals surface area (Å²) in [6, 6.07) is 12.3. The van der Waals surface area contributed by atoms with Gasteiger partial charge in [-0.2, -0.15) is 0 Å². The highest BCUT2D eigenvalue weighted by Gasteiger charge is 2.16. The van der Waals surface area contributed by atoms with Gasteiger partial charge in [0.15, 0.2) is 11.6 Å². The van der Waals surface area contributed by atoms with Crippen LogP contribution in [0.4, 0.5) is 14.6 Å². The summed E-state index contributed by atoms with van der Waals surface area (Å²) in [6.45, 7) is 2.47. The second kappa shape index (κ2) is 5.12. The van der Waals surface area contributed by atoms with Crippen LogP contribution in [0, 0.1) is 18.6 Å². The molecule has 0 radical (unpaired) electrons. The van der Waals surface area contributed by atoms with Gasteiger partial charge in [-0.15, -0.1) is 0 Å². The van der Waals surface area contributed by atoms with Crippen LogP contribution in [0.25, 0.3) is 22.0 Å². The molecule has 0 saturated heterocycles. The van der Waals surface area contributed by atoms with Crippen molar-refractivity contribution in [2.75, 3.05) is 5.32 Å². The van der Waals surface area contributed by atoms with Crippen molar-refractivity contribution in [1.29, 1.82) is 0 Å². The number of rotatable bonds is 3. The van der Waals surface area contributed by atoms with Crippen molar-refractivity contribution < 1.29 is 8.78 Å². The predicted octanol–water partition coefficient (Wildman–Crippen LogP) is 4.80. The largest absolute Gasteiger partial charge is 0.366 e. The van der Waals surface area contributed by atoms with Crippen molar-refractivity contribution in [3.8, 4) is 11.3 Å². The molecular formula is C18H15F2N3. The Hall–Kier alpha value is -2.82. The van der Waals surface area contributed by atoms with Crippen LogP contribution in [0.2, 0.25) is 0 Å². The monoisotopic (exact) mass is 311 g/mol. The highest BCUT2D eigenvalue weighted by Crippen LogP contribution is 2.37. The molecule has 1 aliphatic carbocycles. The van der Waals surface area contributed by atoms with Crippen molar-refractivity contribution in [2.45, 2.75) is 13.5 Å². The molecule has 0 amide bonds. The Morgan fingerprint density at radius 3 is 2.65 bits per heavy atom. The predicted molar refractivity (Wildman–Crippen MR) is 87.7 cm³/mol. The second-order valence-corrected chi connectivity index (χ2v) is 5.75. The lowest BCUT2D eigenvalue weighted by Crippen LogP contribution is -2.01. The van der Waals surface area contributed by atoms with Gasteiger partial charge in [0, 0.05) is 17.5 Å². The van der Waals surface area contributed by atoms with Gasteiger partial charge in [-0.05, 0) is 42.1 Å². The van der Waals surface area contributed by atoms with Gasteiger partial charge < -0.3 is 5.32 Å². The zero-order valence-electron chi connectivity index (χ0n) is 12.5. The van der Waals surface area contributed by atoms with Gasteiger partial charge in [0.05, 0.1) is 5.69 Å². The summed E-state index contributed by atoms with van der Waals surface area (Å²) < 4.78 is 26.2. The molecule has 23 heavy (non-hydrogen) atoms. The number of aromatic nitrogens is 2. The number of hydrogen-bond acceptors (Lipinski definition) is 1. The minimum absolute atomic E-state index is 0.404. The van der Waals surface area contributed by atoms with E-state index in [9.17, 15) is 8.78 Å². The first kappa shape index (κ1) is 13.8. The lowest BCUT2D eigenvalue weighted by molar-refractivity contribution is 0.507. The van der Waals surface area contributed by atoms with Crippen LogP contribution < -0.4 is 5.32 Å².